The molecule has 10 heteroatoms. The average molecular weight is 528 g/mol. The average Bonchev–Trinajstić information content (AvgIpc) is 3.41. The minimum absolute atomic E-state index is 0.170. The summed E-state index contributed by atoms with van der Waals surface area (Å²) in [5.74, 6) is -0.559. The highest BCUT2D eigenvalue weighted by Gasteiger charge is 2.41. The van der Waals surface area contributed by atoms with Crippen molar-refractivity contribution < 1.29 is 27.4 Å². The molecule has 0 unspecified atom stereocenters. The minimum Gasteiger partial charge on any atom is -0.347 e. The highest BCUT2D eigenvalue weighted by atomic mass is 32.1. The molecule has 4 rings (SSSR count). The van der Waals surface area contributed by atoms with E-state index in [1.165, 1.54) is 16.9 Å². The van der Waals surface area contributed by atoms with Crippen LogP contribution in [0.25, 0.3) is 0 Å². The summed E-state index contributed by atoms with van der Waals surface area (Å²) in [6.45, 7) is 7.38. The van der Waals surface area contributed by atoms with Gasteiger partial charge in [0.1, 0.15) is 0 Å². The molecule has 1 aliphatic carbocycles. The number of thiophene rings is 1. The molecule has 200 valence electrons. The van der Waals surface area contributed by atoms with Crippen molar-refractivity contribution in [1.82, 2.24) is 10.6 Å². The monoisotopic (exact) mass is 527 g/mol. The predicted molar refractivity (Wildman–Crippen MR) is 136 cm³/mol. The summed E-state index contributed by atoms with van der Waals surface area (Å²) < 4.78 is 53.0. The van der Waals surface area contributed by atoms with Crippen molar-refractivity contribution in [3.8, 4) is 0 Å². The number of anilines is 1. The smallest absolute Gasteiger partial charge is 0.347 e. The van der Waals surface area contributed by atoms with Gasteiger partial charge >= 0.3 is 12.2 Å². The number of hydrogen-bond acceptors (Lipinski definition) is 5. The zero-order valence-corrected chi connectivity index (χ0v) is 22.1. The molecule has 0 bridgehead atoms. The molecule has 0 aromatic carbocycles. The molecule has 3 heterocycles. The first kappa shape index (κ1) is 27.2. The van der Waals surface area contributed by atoms with Crippen LogP contribution in [0.3, 0.4) is 0 Å². The van der Waals surface area contributed by atoms with Crippen LogP contribution >= 0.6 is 11.3 Å². The lowest BCUT2D eigenvalue weighted by molar-refractivity contribution is -0.163. The predicted octanol–water partition coefficient (Wildman–Crippen LogP) is 5.77. The number of nitrogens with one attached hydrogen (secondary N) is 3. The van der Waals surface area contributed by atoms with Crippen molar-refractivity contribution in [2.75, 3.05) is 38.2 Å². The van der Waals surface area contributed by atoms with Gasteiger partial charge in [0.25, 0.3) is 0 Å². The molecule has 1 saturated heterocycles. The van der Waals surface area contributed by atoms with Crippen LogP contribution in [-0.4, -0.2) is 50.8 Å². The number of fused-ring (bicyclic) bond motifs is 1. The Morgan fingerprint density at radius 1 is 1.22 bits per heavy atom. The van der Waals surface area contributed by atoms with Crippen molar-refractivity contribution >= 4 is 22.4 Å². The first-order chi connectivity index (χ1) is 17.1. The molecule has 0 atom stereocenters. The summed E-state index contributed by atoms with van der Waals surface area (Å²) in [5.41, 5.74) is 3.50. The van der Waals surface area contributed by atoms with E-state index < -0.39 is 23.6 Å². The van der Waals surface area contributed by atoms with E-state index in [2.05, 4.69) is 22.9 Å². The van der Waals surface area contributed by atoms with Gasteiger partial charge < -0.3 is 20.1 Å². The molecule has 1 fully saturated rings. The van der Waals surface area contributed by atoms with Crippen LogP contribution in [0.2, 0.25) is 0 Å². The number of halogens is 3. The van der Waals surface area contributed by atoms with Gasteiger partial charge in [-0.15, -0.1) is 11.3 Å². The summed E-state index contributed by atoms with van der Waals surface area (Å²) >= 11 is 1.49. The Labute approximate surface area is 214 Å². The fraction of sp³-hybridized carbons (Fsp3) is 0.654. The maximum atomic E-state index is 13.8. The Morgan fingerprint density at radius 3 is 2.67 bits per heavy atom. The molecular weight excluding hydrogens is 491 g/mol. The molecule has 2 aliphatic heterocycles. The third kappa shape index (κ3) is 5.98. The molecule has 36 heavy (non-hydrogen) atoms. The fourth-order valence-corrected chi connectivity index (χ4v) is 6.61. The number of allylic oxidation sites excluding steroid dienone is 1. The van der Waals surface area contributed by atoms with Gasteiger partial charge in [0.2, 0.25) is 0 Å². The summed E-state index contributed by atoms with van der Waals surface area (Å²) in [6.07, 6.45) is 0.954. The molecule has 3 N–H and O–H groups in total. The summed E-state index contributed by atoms with van der Waals surface area (Å²) in [5, 5.41) is 9.58. The summed E-state index contributed by atoms with van der Waals surface area (Å²) in [6, 6.07) is -0.503. The molecule has 1 aromatic heterocycles. The lowest BCUT2D eigenvalue weighted by Gasteiger charge is -2.31. The van der Waals surface area contributed by atoms with Crippen LogP contribution in [0.5, 0.6) is 0 Å². The van der Waals surface area contributed by atoms with Gasteiger partial charge in [-0.2, -0.15) is 13.2 Å². The van der Waals surface area contributed by atoms with Crippen molar-refractivity contribution in [3.63, 3.8) is 0 Å². The summed E-state index contributed by atoms with van der Waals surface area (Å²) in [4.78, 5) is 14.0. The number of rotatable bonds is 7. The van der Waals surface area contributed by atoms with Crippen molar-refractivity contribution in [3.05, 3.63) is 38.3 Å². The Bertz CT molecular complexity index is 1040. The van der Waals surface area contributed by atoms with Crippen LogP contribution in [0.15, 0.2) is 22.3 Å². The number of alkyl halides is 3. The van der Waals surface area contributed by atoms with Crippen molar-refractivity contribution in [2.24, 2.45) is 0 Å². The van der Waals surface area contributed by atoms with Gasteiger partial charge in [-0.1, -0.05) is 18.9 Å². The van der Waals surface area contributed by atoms with Crippen molar-refractivity contribution in [1.29, 1.82) is 0 Å². The van der Waals surface area contributed by atoms with Crippen LogP contribution in [-0.2, 0) is 22.3 Å². The lowest BCUT2D eigenvalue weighted by atomic mass is 9.88. The zero-order valence-electron chi connectivity index (χ0n) is 21.3. The molecule has 2 amide bonds. The zero-order chi connectivity index (χ0) is 25.9. The maximum absolute atomic E-state index is 13.8. The molecule has 0 radical (unpaired) electrons. The third-order valence-electron chi connectivity index (χ3n) is 7.40. The number of hydrogen-bond donors (Lipinski definition) is 3. The Hall–Kier alpha value is -1.88. The van der Waals surface area contributed by atoms with E-state index >= 15 is 0 Å². The second-order valence-electron chi connectivity index (χ2n) is 9.76. The van der Waals surface area contributed by atoms with E-state index in [1.807, 2.05) is 6.92 Å². The van der Waals surface area contributed by atoms with Crippen molar-refractivity contribution in [2.45, 2.75) is 77.7 Å². The second kappa shape index (κ2) is 11.2. The Kier molecular flexibility index (Phi) is 8.49. The molecule has 1 spiro atoms. The van der Waals surface area contributed by atoms with E-state index in [0.29, 0.717) is 39.1 Å². The number of unbranched alkanes of at least 4 members (excludes halogenated alkanes) is 1. The van der Waals surface area contributed by atoms with Gasteiger partial charge in [-0.3, -0.25) is 5.32 Å². The largest absolute Gasteiger partial charge is 0.412 e. The van der Waals surface area contributed by atoms with Crippen LogP contribution in [0.4, 0.5) is 23.0 Å². The normalized spacial score (nSPS) is 20.4. The number of ether oxygens (including phenoxy) is 2. The molecular formula is C26H36F3N3O3S. The van der Waals surface area contributed by atoms with E-state index in [-0.39, 0.29) is 12.1 Å². The van der Waals surface area contributed by atoms with Crippen LogP contribution in [0, 0.1) is 6.92 Å². The summed E-state index contributed by atoms with van der Waals surface area (Å²) in [7, 11) is 0. The topological polar surface area (TPSA) is 71.6 Å². The Morgan fingerprint density at radius 2 is 1.97 bits per heavy atom. The molecule has 1 aromatic rings. The number of carbonyl (C=O) groups is 1. The Balaban J connectivity index is 1.49. The van der Waals surface area contributed by atoms with Crippen LogP contribution in [0.1, 0.15) is 62.0 Å². The standard InChI is InChI=1S/C26H36F3N3O3S/c1-4-5-6-18-14-30-10-8-20(18)21(17(3)26(27,28)29)15-31-24(33)32-23-16(2)19-7-9-25(13-22(19)36-23)34-11-12-35-25/h30H,4-15H2,1-3H3,(H2,31,32,33)/b21-17+. The highest BCUT2D eigenvalue weighted by molar-refractivity contribution is 7.16. The molecule has 0 saturated carbocycles. The second-order valence-corrected chi connectivity index (χ2v) is 10.9. The van der Waals surface area contributed by atoms with Gasteiger partial charge in [-0.25, -0.2) is 4.79 Å². The third-order valence-corrected chi connectivity index (χ3v) is 8.65. The minimum atomic E-state index is -4.45. The van der Waals surface area contributed by atoms with Gasteiger partial charge in [0, 0.05) is 36.4 Å². The highest BCUT2D eigenvalue weighted by Crippen LogP contribution is 2.43. The van der Waals surface area contributed by atoms with Gasteiger partial charge in [-0.05, 0) is 68.3 Å². The first-order valence-electron chi connectivity index (χ1n) is 12.8. The molecule has 6 nitrogen and oxygen atoms in total. The number of amides is 2. The quantitative estimate of drug-likeness (QED) is 0.421. The first-order valence-corrected chi connectivity index (χ1v) is 13.6. The van der Waals surface area contributed by atoms with Crippen LogP contribution < -0.4 is 16.0 Å². The van der Waals surface area contributed by atoms with Gasteiger partial charge in [0.05, 0.1) is 18.2 Å². The van der Waals surface area contributed by atoms with E-state index in [9.17, 15) is 18.0 Å². The SMILES string of the molecule is CCCCC1=C(/C(CNC(=O)Nc2sc3c(c2C)CCC2(C3)OCCO2)=C(\C)C(F)(F)F)CCNC1. The fourth-order valence-electron chi connectivity index (χ4n) is 5.27. The van der Waals surface area contributed by atoms with E-state index in [4.69, 9.17) is 9.47 Å². The number of urea groups is 1. The molecule has 3 aliphatic rings. The number of carbonyl (C=O) groups excluding carboxylic acids is 1. The van der Waals surface area contributed by atoms with E-state index in [1.54, 1.807) is 0 Å². The van der Waals surface area contributed by atoms with E-state index in [0.717, 1.165) is 65.6 Å². The van der Waals surface area contributed by atoms with Gasteiger partial charge in [0.15, 0.2) is 5.79 Å². The lowest BCUT2D eigenvalue weighted by Crippen LogP contribution is -2.36. The maximum Gasteiger partial charge on any atom is 0.412 e.